The highest BCUT2D eigenvalue weighted by Gasteiger charge is 2.28. The van der Waals surface area contributed by atoms with E-state index in [9.17, 15) is 14.7 Å². The summed E-state index contributed by atoms with van der Waals surface area (Å²) in [4.78, 5) is 25.4. The van der Waals surface area contributed by atoms with E-state index < -0.39 is 5.79 Å². The summed E-state index contributed by atoms with van der Waals surface area (Å²) in [5.41, 5.74) is 3.25. The van der Waals surface area contributed by atoms with Gasteiger partial charge in [-0.25, -0.2) is 9.36 Å². The lowest BCUT2D eigenvalue weighted by Crippen LogP contribution is -2.35. The minimum atomic E-state index is -0.641. The Morgan fingerprint density at radius 2 is 1.90 bits per heavy atom. The van der Waals surface area contributed by atoms with Crippen molar-refractivity contribution in [1.82, 2.24) is 14.9 Å². The first-order valence-electron chi connectivity index (χ1n) is 14.8. The van der Waals surface area contributed by atoms with E-state index in [4.69, 9.17) is 18.9 Å². The molecule has 3 N–H and O–H groups in total. The van der Waals surface area contributed by atoms with Gasteiger partial charge in [0, 0.05) is 39.2 Å². The lowest BCUT2D eigenvalue weighted by molar-refractivity contribution is -0.180. The number of aromatic hydroxyl groups is 1. The van der Waals surface area contributed by atoms with Crippen LogP contribution in [-0.2, 0) is 32.0 Å². The molecule has 1 atom stereocenters. The molecule has 0 aliphatic carbocycles. The second-order valence-electron chi connectivity index (χ2n) is 11.0. The Hall–Kier alpha value is -3.60. The highest BCUT2D eigenvalue weighted by atomic mass is 16.7. The molecule has 0 radical (unpaired) electrons. The van der Waals surface area contributed by atoms with Crippen LogP contribution in [0.2, 0.25) is 0 Å². The molecule has 2 aromatic carbocycles. The number of rotatable bonds is 18. The number of aromatic amines is 1. The van der Waals surface area contributed by atoms with Gasteiger partial charge in [0.1, 0.15) is 11.9 Å². The van der Waals surface area contributed by atoms with E-state index in [2.05, 4.69) is 10.3 Å². The smallest absolute Gasteiger partial charge is 0.333 e. The fourth-order valence-corrected chi connectivity index (χ4v) is 5.03. The van der Waals surface area contributed by atoms with Gasteiger partial charge in [-0.1, -0.05) is 37.5 Å². The van der Waals surface area contributed by atoms with E-state index in [1.807, 2.05) is 50.2 Å². The quantitative estimate of drug-likeness (QED) is 0.143. The van der Waals surface area contributed by atoms with Crippen LogP contribution in [0.3, 0.4) is 0 Å². The number of H-pyrrole nitrogens is 1. The van der Waals surface area contributed by atoms with E-state index in [1.54, 1.807) is 6.07 Å². The van der Waals surface area contributed by atoms with E-state index in [-0.39, 0.29) is 17.7 Å². The van der Waals surface area contributed by atoms with Gasteiger partial charge in [0.25, 0.3) is 6.47 Å². The van der Waals surface area contributed by atoms with Crippen molar-refractivity contribution in [3.8, 4) is 17.3 Å². The third kappa shape index (κ3) is 9.20. The van der Waals surface area contributed by atoms with Gasteiger partial charge >= 0.3 is 5.69 Å². The zero-order valence-electron chi connectivity index (χ0n) is 24.6. The number of hydrogen-bond acceptors (Lipinski definition) is 8. The number of benzene rings is 2. The van der Waals surface area contributed by atoms with Crippen LogP contribution in [0.1, 0.15) is 75.2 Å². The lowest BCUT2D eigenvalue weighted by Gasteiger charge is -2.33. The number of imidazole rings is 1. The van der Waals surface area contributed by atoms with E-state index in [0.29, 0.717) is 31.9 Å². The molecule has 0 fully saturated rings. The zero-order chi connectivity index (χ0) is 29.8. The number of aryl methyl sites for hydroxylation is 1. The predicted molar refractivity (Wildman–Crippen MR) is 159 cm³/mol. The molecule has 42 heavy (non-hydrogen) atoms. The summed E-state index contributed by atoms with van der Waals surface area (Å²) in [5, 5.41) is 13.3. The molecule has 0 unspecified atom stereocenters. The highest BCUT2D eigenvalue weighted by molar-refractivity contribution is 5.42. The molecule has 0 bridgehead atoms. The van der Waals surface area contributed by atoms with Crippen LogP contribution in [-0.4, -0.2) is 53.2 Å². The molecule has 0 amide bonds. The summed E-state index contributed by atoms with van der Waals surface area (Å²) in [6, 6.07) is 13.5. The monoisotopic (exact) mass is 581 g/mol. The molecule has 4 rings (SSSR count). The molecule has 228 valence electrons. The molecule has 10 nitrogen and oxygen atoms in total. The minimum absolute atomic E-state index is 0.104. The minimum Gasteiger partial charge on any atom is -0.493 e. The summed E-state index contributed by atoms with van der Waals surface area (Å²) in [7, 11) is 0. The van der Waals surface area contributed by atoms with Crippen molar-refractivity contribution in [3.63, 3.8) is 0 Å². The fourth-order valence-electron chi connectivity index (χ4n) is 5.03. The predicted octanol–water partition coefficient (Wildman–Crippen LogP) is 4.92. The number of unbranched alkanes of at least 4 members (excludes halogenated alkanes) is 4. The van der Waals surface area contributed by atoms with Gasteiger partial charge in [-0.2, -0.15) is 0 Å². The number of fused-ring (bicyclic) bond motifs is 1. The van der Waals surface area contributed by atoms with Crippen molar-refractivity contribution < 1.29 is 28.8 Å². The average molecular weight is 582 g/mol. The van der Waals surface area contributed by atoms with Crippen LogP contribution >= 0.6 is 0 Å². The van der Waals surface area contributed by atoms with Crippen LogP contribution in [0.5, 0.6) is 11.6 Å². The first-order valence-corrected chi connectivity index (χ1v) is 14.8. The van der Waals surface area contributed by atoms with Crippen LogP contribution in [0.4, 0.5) is 0 Å². The number of carbonyl (C=O) groups excluding carboxylic acids is 1. The first kappa shape index (κ1) is 31.3. The third-order valence-corrected chi connectivity index (χ3v) is 7.26. The van der Waals surface area contributed by atoms with Gasteiger partial charge in [-0.3, -0.25) is 4.79 Å². The number of nitrogens with one attached hydrogen (secondary N) is 2. The van der Waals surface area contributed by atoms with Crippen molar-refractivity contribution in [2.45, 2.75) is 77.3 Å². The SMILES string of the molecule is CC1(C)OCc2cc([C@H](CNCCCCCCCOCCCc3cccc(-n4c(O)c[nH]c4=O)c3)OC=O)ccc2O1. The van der Waals surface area contributed by atoms with Crippen molar-refractivity contribution in [3.05, 3.63) is 75.8 Å². The summed E-state index contributed by atoms with van der Waals surface area (Å²) in [6.07, 6.45) is 8.16. The Balaban J connectivity index is 1.03. The second-order valence-corrected chi connectivity index (χ2v) is 11.0. The Labute approximate surface area is 247 Å². The molecule has 3 aromatic rings. The maximum absolute atomic E-state index is 11.9. The summed E-state index contributed by atoms with van der Waals surface area (Å²) in [5.74, 6) is 0.0554. The summed E-state index contributed by atoms with van der Waals surface area (Å²) >= 11 is 0. The lowest BCUT2D eigenvalue weighted by atomic mass is 10.0. The Morgan fingerprint density at radius 3 is 2.71 bits per heavy atom. The number of ether oxygens (including phenoxy) is 4. The zero-order valence-corrected chi connectivity index (χ0v) is 24.6. The molecule has 1 aliphatic rings. The number of aromatic nitrogens is 2. The van der Waals surface area contributed by atoms with Gasteiger partial charge in [-0.15, -0.1) is 0 Å². The maximum atomic E-state index is 11.9. The number of nitrogens with zero attached hydrogens (tertiary/aromatic N) is 1. The van der Waals surface area contributed by atoms with Crippen molar-refractivity contribution >= 4 is 6.47 Å². The molecular formula is C32H43N3O7. The molecule has 0 saturated heterocycles. The molecule has 10 heteroatoms. The van der Waals surface area contributed by atoms with Crippen molar-refractivity contribution in [1.29, 1.82) is 0 Å². The van der Waals surface area contributed by atoms with Crippen LogP contribution in [0.15, 0.2) is 53.5 Å². The largest absolute Gasteiger partial charge is 0.493 e. The van der Waals surface area contributed by atoms with Gasteiger partial charge in [0.2, 0.25) is 11.7 Å². The molecule has 1 aromatic heterocycles. The van der Waals surface area contributed by atoms with E-state index >= 15 is 0 Å². The summed E-state index contributed by atoms with van der Waals surface area (Å²) in [6.45, 7) is 7.59. The standard InChI is InChI=1S/C32H43N3O7/c1-32(2)41-22-26-19-25(13-14-28(26)42-32)29(40-23-36)20-33-15-6-4-3-5-7-16-39-17-9-11-24-10-8-12-27(18-24)35-30(37)21-34-31(35)38/h8,10,12-14,18-19,21,23,29,33,37H,3-7,9,11,15-17,20,22H2,1-2H3,(H,34,38)/t29-/m0/s1. The molecule has 0 saturated carbocycles. The normalized spacial score (nSPS) is 14.6. The number of hydrogen-bond donors (Lipinski definition) is 3. The molecule has 2 heterocycles. The van der Waals surface area contributed by atoms with Gasteiger partial charge in [-0.05, 0) is 67.6 Å². The van der Waals surface area contributed by atoms with E-state index in [0.717, 1.165) is 80.5 Å². The van der Waals surface area contributed by atoms with Crippen LogP contribution in [0, 0.1) is 0 Å². The average Bonchev–Trinajstić information content (AvgIpc) is 3.31. The Kier molecular flexibility index (Phi) is 11.6. The van der Waals surface area contributed by atoms with Gasteiger partial charge in [0.15, 0.2) is 0 Å². The molecule has 0 spiro atoms. The van der Waals surface area contributed by atoms with Gasteiger partial charge in [0.05, 0.1) is 18.5 Å². The Morgan fingerprint density at radius 1 is 1.10 bits per heavy atom. The topological polar surface area (TPSA) is 124 Å². The summed E-state index contributed by atoms with van der Waals surface area (Å²) < 4.78 is 24.0. The molecular weight excluding hydrogens is 538 g/mol. The maximum Gasteiger partial charge on any atom is 0.333 e. The first-order chi connectivity index (χ1) is 20.4. The van der Waals surface area contributed by atoms with Gasteiger partial charge < -0.3 is 34.4 Å². The fraction of sp³-hybridized carbons (Fsp3) is 0.500. The Bertz CT molecular complexity index is 1330. The number of carbonyl (C=O) groups is 1. The highest BCUT2D eigenvalue weighted by Crippen LogP contribution is 2.33. The third-order valence-electron chi connectivity index (χ3n) is 7.26. The van der Waals surface area contributed by atoms with Crippen molar-refractivity contribution in [2.24, 2.45) is 0 Å². The molecule has 1 aliphatic heterocycles. The van der Waals surface area contributed by atoms with Crippen molar-refractivity contribution in [2.75, 3.05) is 26.3 Å². The second kappa shape index (κ2) is 15.6. The van der Waals surface area contributed by atoms with E-state index in [1.165, 1.54) is 10.8 Å². The van der Waals surface area contributed by atoms with Crippen LogP contribution in [0.25, 0.3) is 5.69 Å². The van der Waals surface area contributed by atoms with Crippen LogP contribution < -0.4 is 15.7 Å².